The third-order valence-corrected chi connectivity index (χ3v) is 2.92. The van der Waals surface area contributed by atoms with Gasteiger partial charge < -0.3 is 14.4 Å². The number of esters is 1. The van der Waals surface area contributed by atoms with E-state index in [1.807, 2.05) is 13.8 Å². The number of carbonyl (C=O) groups excluding carboxylic acids is 2. The molecule has 0 aromatic heterocycles. The van der Waals surface area contributed by atoms with E-state index in [4.69, 9.17) is 9.47 Å². The molecule has 1 aromatic carbocycles. The number of aryl methyl sites for hydroxylation is 1. The van der Waals surface area contributed by atoms with Crippen molar-refractivity contribution in [2.75, 3.05) is 19.7 Å². The molecular weight excluding hydrogens is 258 g/mol. The zero-order valence-corrected chi connectivity index (χ0v) is 12.4. The summed E-state index contributed by atoms with van der Waals surface area (Å²) in [5.74, 6) is -0.221. The van der Waals surface area contributed by atoms with Crippen molar-refractivity contribution in [3.05, 3.63) is 29.3 Å². The van der Waals surface area contributed by atoms with Crippen molar-refractivity contribution in [2.45, 2.75) is 27.7 Å². The summed E-state index contributed by atoms with van der Waals surface area (Å²) in [6, 6.07) is 5.11. The van der Waals surface area contributed by atoms with Crippen LogP contribution in [0.25, 0.3) is 0 Å². The molecule has 0 N–H and O–H groups in total. The fourth-order valence-corrected chi connectivity index (χ4v) is 1.79. The van der Waals surface area contributed by atoms with Gasteiger partial charge in [-0.25, -0.2) is 9.59 Å². The Hall–Kier alpha value is -2.04. The number of carbonyl (C=O) groups is 2. The molecular formula is C15H21NO4. The summed E-state index contributed by atoms with van der Waals surface area (Å²) in [5, 5.41) is 0. The second-order valence-corrected chi connectivity index (χ2v) is 4.21. The highest BCUT2D eigenvalue weighted by Crippen LogP contribution is 2.25. The normalized spacial score (nSPS) is 10.0. The molecule has 20 heavy (non-hydrogen) atoms. The maximum absolute atomic E-state index is 12.0. The summed E-state index contributed by atoms with van der Waals surface area (Å²) in [7, 11) is 0. The third-order valence-electron chi connectivity index (χ3n) is 2.92. The number of ether oxygens (including phenoxy) is 2. The van der Waals surface area contributed by atoms with Gasteiger partial charge in [0.25, 0.3) is 0 Å². The Morgan fingerprint density at radius 2 is 1.80 bits per heavy atom. The number of hydrogen-bond donors (Lipinski definition) is 0. The molecule has 0 radical (unpaired) electrons. The standard InChI is InChI=1S/C15H21NO4/c1-5-16(6-2)15(18)20-13-11(4)9-8-10-12(13)14(17)19-7-3/h8-10H,5-7H2,1-4H3. The SMILES string of the molecule is CCOC(=O)c1cccc(C)c1OC(=O)N(CC)CC. The van der Waals surface area contributed by atoms with Crippen molar-refractivity contribution < 1.29 is 19.1 Å². The predicted molar refractivity (Wildman–Crippen MR) is 76.1 cm³/mol. The molecule has 1 amide bonds. The van der Waals surface area contributed by atoms with Gasteiger partial charge in [-0.15, -0.1) is 0 Å². The summed E-state index contributed by atoms with van der Waals surface area (Å²) in [6.45, 7) is 8.63. The molecule has 110 valence electrons. The van der Waals surface area contributed by atoms with Crippen molar-refractivity contribution >= 4 is 12.1 Å². The molecule has 0 aliphatic heterocycles. The number of nitrogens with zero attached hydrogens (tertiary/aromatic N) is 1. The first-order chi connectivity index (χ1) is 9.54. The minimum Gasteiger partial charge on any atom is -0.462 e. The molecule has 0 bridgehead atoms. The molecule has 0 aliphatic carbocycles. The van der Waals surface area contributed by atoms with E-state index in [0.717, 1.165) is 5.56 Å². The molecule has 0 unspecified atom stereocenters. The summed E-state index contributed by atoms with van der Waals surface area (Å²) < 4.78 is 10.3. The molecule has 0 fully saturated rings. The van der Waals surface area contributed by atoms with Gasteiger partial charge in [0.2, 0.25) is 0 Å². The molecule has 0 atom stereocenters. The minimum atomic E-state index is -0.487. The van der Waals surface area contributed by atoms with Crippen LogP contribution in [0.3, 0.4) is 0 Å². The van der Waals surface area contributed by atoms with Gasteiger partial charge in [0.1, 0.15) is 11.3 Å². The van der Waals surface area contributed by atoms with Crippen LogP contribution in [0.5, 0.6) is 5.75 Å². The highest BCUT2D eigenvalue weighted by Gasteiger charge is 2.20. The van der Waals surface area contributed by atoms with Gasteiger partial charge >= 0.3 is 12.1 Å². The van der Waals surface area contributed by atoms with Crippen LogP contribution in [0.1, 0.15) is 36.7 Å². The van der Waals surface area contributed by atoms with Crippen LogP contribution in [0.15, 0.2) is 18.2 Å². The van der Waals surface area contributed by atoms with Crippen molar-refractivity contribution in [3.63, 3.8) is 0 Å². The van der Waals surface area contributed by atoms with Gasteiger partial charge in [-0.1, -0.05) is 12.1 Å². The molecule has 1 rings (SSSR count). The van der Waals surface area contributed by atoms with Gasteiger partial charge in [0.05, 0.1) is 6.61 Å². The Bertz CT molecular complexity index is 481. The first kappa shape index (κ1) is 16.0. The molecule has 1 aromatic rings. The summed E-state index contributed by atoms with van der Waals surface area (Å²) >= 11 is 0. The number of amides is 1. The highest BCUT2D eigenvalue weighted by atomic mass is 16.6. The van der Waals surface area contributed by atoms with Crippen LogP contribution in [-0.4, -0.2) is 36.7 Å². The number of hydrogen-bond acceptors (Lipinski definition) is 4. The van der Waals surface area contributed by atoms with Gasteiger partial charge in [0, 0.05) is 13.1 Å². The van der Waals surface area contributed by atoms with Crippen LogP contribution in [0, 0.1) is 6.92 Å². The fraction of sp³-hybridized carbons (Fsp3) is 0.467. The average Bonchev–Trinajstić information content (AvgIpc) is 2.42. The smallest absolute Gasteiger partial charge is 0.415 e. The van der Waals surface area contributed by atoms with Crippen LogP contribution in [-0.2, 0) is 4.74 Å². The van der Waals surface area contributed by atoms with Crippen molar-refractivity contribution in [2.24, 2.45) is 0 Å². The van der Waals surface area contributed by atoms with Crippen LogP contribution < -0.4 is 4.74 Å². The van der Waals surface area contributed by atoms with E-state index in [0.29, 0.717) is 13.1 Å². The molecule has 0 saturated carbocycles. The fourth-order valence-electron chi connectivity index (χ4n) is 1.79. The van der Waals surface area contributed by atoms with Gasteiger partial charge in [-0.3, -0.25) is 0 Å². The lowest BCUT2D eigenvalue weighted by molar-refractivity contribution is 0.0522. The summed E-state index contributed by atoms with van der Waals surface area (Å²) in [4.78, 5) is 25.4. The molecule has 0 spiro atoms. The van der Waals surface area contributed by atoms with E-state index in [9.17, 15) is 9.59 Å². The van der Waals surface area contributed by atoms with Crippen LogP contribution in [0.4, 0.5) is 4.79 Å². The number of para-hydroxylation sites is 1. The molecule has 5 heteroatoms. The van der Waals surface area contributed by atoms with Gasteiger partial charge in [-0.2, -0.15) is 0 Å². The van der Waals surface area contributed by atoms with E-state index < -0.39 is 12.1 Å². The van der Waals surface area contributed by atoms with Crippen LogP contribution >= 0.6 is 0 Å². The number of rotatable bonds is 5. The van der Waals surface area contributed by atoms with Crippen molar-refractivity contribution in [3.8, 4) is 5.75 Å². The first-order valence-electron chi connectivity index (χ1n) is 6.78. The van der Waals surface area contributed by atoms with E-state index in [2.05, 4.69) is 0 Å². The summed E-state index contributed by atoms with van der Waals surface area (Å²) in [6.07, 6.45) is -0.463. The zero-order valence-electron chi connectivity index (χ0n) is 12.4. The van der Waals surface area contributed by atoms with Crippen molar-refractivity contribution in [1.82, 2.24) is 4.90 Å². The Morgan fingerprint density at radius 3 is 2.35 bits per heavy atom. The maximum atomic E-state index is 12.0. The van der Waals surface area contributed by atoms with Gasteiger partial charge in [-0.05, 0) is 39.3 Å². The maximum Gasteiger partial charge on any atom is 0.415 e. The quantitative estimate of drug-likeness (QED) is 0.777. The molecule has 0 heterocycles. The Morgan fingerprint density at radius 1 is 1.15 bits per heavy atom. The third kappa shape index (κ3) is 3.73. The monoisotopic (exact) mass is 279 g/mol. The average molecular weight is 279 g/mol. The predicted octanol–water partition coefficient (Wildman–Crippen LogP) is 3.01. The Kier molecular flexibility index (Phi) is 6.03. The first-order valence-corrected chi connectivity index (χ1v) is 6.78. The summed E-state index contributed by atoms with van der Waals surface area (Å²) in [5.41, 5.74) is 0.989. The van der Waals surface area contributed by atoms with Crippen LogP contribution in [0.2, 0.25) is 0 Å². The van der Waals surface area contributed by atoms with E-state index in [-0.39, 0.29) is 17.9 Å². The second-order valence-electron chi connectivity index (χ2n) is 4.21. The highest BCUT2D eigenvalue weighted by molar-refractivity contribution is 5.94. The topological polar surface area (TPSA) is 55.8 Å². The zero-order chi connectivity index (χ0) is 15.1. The Balaban J connectivity index is 3.04. The lowest BCUT2D eigenvalue weighted by atomic mass is 10.1. The number of benzene rings is 1. The molecule has 0 aliphatic rings. The molecule has 5 nitrogen and oxygen atoms in total. The molecule has 0 saturated heterocycles. The van der Waals surface area contributed by atoms with Gasteiger partial charge in [0.15, 0.2) is 0 Å². The van der Waals surface area contributed by atoms with E-state index in [1.54, 1.807) is 36.9 Å². The van der Waals surface area contributed by atoms with E-state index in [1.165, 1.54) is 0 Å². The second kappa shape index (κ2) is 7.53. The lowest BCUT2D eigenvalue weighted by Gasteiger charge is -2.19. The minimum absolute atomic E-state index is 0.267. The lowest BCUT2D eigenvalue weighted by Crippen LogP contribution is -2.33. The van der Waals surface area contributed by atoms with E-state index >= 15 is 0 Å². The Labute approximate surface area is 119 Å². The largest absolute Gasteiger partial charge is 0.462 e. The van der Waals surface area contributed by atoms with Crippen molar-refractivity contribution in [1.29, 1.82) is 0 Å².